The summed E-state index contributed by atoms with van der Waals surface area (Å²) in [6, 6.07) is 11.7. The Morgan fingerprint density at radius 2 is 1.79 bits per heavy atom. The van der Waals surface area contributed by atoms with E-state index in [2.05, 4.69) is 21.5 Å². The average molecular weight is 459 g/mol. The molecule has 1 aromatic carbocycles. The number of anilines is 2. The van der Waals surface area contributed by atoms with Gasteiger partial charge in [0, 0.05) is 50.9 Å². The third kappa shape index (κ3) is 5.03. The third-order valence-electron chi connectivity index (χ3n) is 6.29. The number of nitrogens with two attached hydrogens (primary N) is 1. The highest BCUT2D eigenvalue weighted by molar-refractivity contribution is 6.04. The second-order valence-corrected chi connectivity index (χ2v) is 9.02. The first-order valence-corrected chi connectivity index (χ1v) is 12.2. The Hall–Kier alpha value is -3.48. The largest absolute Gasteiger partial charge is 0.382 e. The van der Waals surface area contributed by atoms with Crippen LogP contribution in [0.3, 0.4) is 0 Å². The van der Waals surface area contributed by atoms with Crippen molar-refractivity contribution >= 4 is 39.4 Å². The van der Waals surface area contributed by atoms with Gasteiger partial charge in [0.25, 0.3) is 0 Å². The van der Waals surface area contributed by atoms with Crippen LogP contribution >= 0.6 is 0 Å². The highest BCUT2D eigenvalue weighted by atomic mass is 16.1. The van der Waals surface area contributed by atoms with Crippen molar-refractivity contribution in [1.29, 1.82) is 0 Å². The molecule has 0 aliphatic carbocycles. The molecule has 3 heterocycles. The first kappa shape index (κ1) is 23.7. The molecular weight excluding hydrogens is 424 g/mol. The van der Waals surface area contributed by atoms with Gasteiger partial charge in [0.05, 0.1) is 5.52 Å². The minimum Gasteiger partial charge on any atom is -0.382 e. The highest BCUT2D eigenvalue weighted by Gasteiger charge is 2.17. The maximum Gasteiger partial charge on any atom is 0.162 e. The summed E-state index contributed by atoms with van der Waals surface area (Å²) in [5.74, 6) is 1.70. The number of aryl methyl sites for hydroxylation is 2. The van der Waals surface area contributed by atoms with Crippen molar-refractivity contribution in [3.05, 3.63) is 54.0 Å². The second-order valence-electron chi connectivity index (χ2n) is 9.02. The molecule has 178 valence electrons. The van der Waals surface area contributed by atoms with Crippen molar-refractivity contribution in [2.24, 2.45) is 0 Å². The number of benzene rings is 1. The van der Waals surface area contributed by atoms with Gasteiger partial charge in [-0.05, 0) is 55.7 Å². The Morgan fingerprint density at radius 1 is 1.00 bits per heavy atom. The van der Waals surface area contributed by atoms with Crippen molar-refractivity contribution in [2.45, 2.75) is 58.4 Å². The van der Waals surface area contributed by atoms with Gasteiger partial charge in [-0.15, -0.1) is 0 Å². The smallest absolute Gasteiger partial charge is 0.162 e. The summed E-state index contributed by atoms with van der Waals surface area (Å²) in [7, 11) is 4.00. The molecule has 4 aromatic rings. The van der Waals surface area contributed by atoms with E-state index in [-0.39, 0.29) is 5.78 Å². The topological polar surface area (TPSA) is 89.9 Å². The van der Waals surface area contributed by atoms with Gasteiger partial charge in [-0.1, -0.05) is 19.8 Å². The lowest BCUT2D eigenvalue weighted by Gasteiger charge is -2.12. The highest BCUT2D eigenvalue weighted by Crippen LogP contribution is 2.28. The van der Waals surface area contributed by atoms with Gasteiger partial charge < -0.3 is 15.2 Å². The van der Waals surface area contributed by atoms with E-state index < -0.39 is 0 Å². The zero-order chi connectivity index (χ0) is 24.1. The molecule has 34 heavy (non-hydrogen) atoms. The molecule has 7 heteroatoms. The quantitative estimate of drug-likeness (QED) is 0.239. The number of carbonyl (C=O) groups excluding carboxylic acids is 1. The van der Waals surface area contributed by atoms with Gasteiger partial charge in [0.15, 0.2) is 11.6 Å². The lowest BCUT2D eigenvalue weighted by molar-refractivity contribution is 0.0979. The lowest BCUT2D eigenvalue weighted by atomic mass is 10.0. The first-order valence-electron chi connectivity index (χ1n) is 12.2. The zero-order valence-electron chi connectivity index (χ0n) is 20.4. The van der Waals surface area contributed by atoms with Gasteiger partial charge >= 0.3 is 0 Å². The summed E-state index contributed by atoms with van der Waals surface area (Å²) in [5.41, 5.74) is 11.5. The molecule has 0 bridgehead atoms. The van der Waals surface area contributed by atoms with Crippen LogP contribution in [0.2, 0.25) is 0 Å². The molecule has 0 spiro atoms. The predicted molar refractivity (Wildman–Crippen MR) is 139 cm³/mol. The standard InChI is InChI=1S/C27H34N6O/c1-4-5-12-23-31-25-26(24-21(30-27(25)28)10-9-17-29-24)33(23)18-8-6-7-11-22(34)19-13-15-20(16-14-19)32(2)3/h9-10,13-17H,4-8,11-12,18H2,1-3H3,(H2,28,30). The van der Waals surface area contributed by atoms with Crippen LogP contribution in [0.25, 0.3) is 22.1 Å². The number of nitrogen functional groups attached to an aromatic ring is 1. The summed E-state index contributed by atoms with van der Waals surface area (Å²) >= 11 is 0. The number of unbranched alkanes of at least 4 members (excludes halogenated alkanes) is 3. The number of carbonyl (C=O) groups is 1. The number of aromatic nitrogens is 4. The maximum atomic E-state index is 12.6. The van der Waals surface area contributed by atoms with E-state index in [0.29, 0.717) is 12.2 Å². The van der Waals surface area contributed by atoms with Crippen LogP contribution in [0.1, 0.15) is 61.6 Å². The molecule has 0 amide bonds. The van der Waals surface area contributed by atoms with Crippen LogP contribution in [0.5, 0.6) is 0 Å². The fraction of sp³-hybridized carbons (Fsp3) is 0.407. The van der Waals surface area contributed by atoms with Crippen molar-refractivity contribution in [2.75, 3.05) is 24.7 Å². The molecular formula is C27H34N6O. The Labute approximate surface area is 201 Å². The number of hydrogen-bond acceptors (Lipinski definition) is 6. The fourth-order valence-electron chi connectivity index (χ4n) is 4.36. The van der Waals surface area contributed by atoms with Crippen LogP contribution in [0.15, 0.2) is 42.6 Å². The molecule has 4 rings (SSSR count). The first-order chi connectivity index (χ1) is 16.5. The van der Waals surface area contributed by atoms with E-state index in [1.165, 1.54) is 0 Å². The van der Waals surface area contributed by atoms with Crippen molar-refractivity contribution in [3.8, 4) is 0 Å². The third-order valence-corrected chi connectivity index (χ3v) is 6.29. The lowest BCUT2D eigenvalue weighted by Crippen LogP contribution is -2.09. The molecule has 0 saturated heterocycles. The molecule has 0 atom stereocenters. The second kappa shape index (κ2) is 10.6. The molecule has 2 N–H and O–H groups in total. The summed E-state index contributed by atoms with van der Waals surface area (Å²) < 4.78 is 2.28. The number of ketones is 1. The Balaban J connectivity index is 1.44. The van der Waals surface area contributed by atoms with Crippen LogP contribution in [0, 0.1) is 0 Å². The zero-order valence-corrected chi connectivity index (χ0v) is 20.4. The van der Waals surface area contributed by atoms with E-state index in [4.69, 9.17) is 10.7 Å². The number of nitrogens with zero attached hydrogens (tertiary/aromatic N) is 5. The van der Waals surface area contributed by atoms with Crippen LogP contribution in [-0.2, 0) is 13.0 Å². The van der Waals surface area contributed by atoms with Crippen molar-refractivity contribution < 1.29 is 4.79 Å². The van der Waals surface area contributed by atoms with Crippen LogP contribution in [-0.4, -0.2) is 39.4 Å². The van der Waals surface area contributed by atoms with Gasteiger partial charge in [-0.25, -0.2) is 9.97 Å². The van der Waals surface area contributed by atoms with E-state index in [1.54, 1.807) is 6.20 Å². The minimum atomic E-state index is 0.205. The molecule has 7 nitrogen and oxygen atoms in total. The molecule has 0 saturated carbocycles. The number of Topliss-reactive ketones (excluding diaryl/α,β-unsaturated/α-hetero) is 1. The summed E-state index contributed by atoms with van der Waals surface area (Å²) in [6.45, 7) is 3.02. The minimum absolute atomic E-state index is 0.205. The average Bonchev–Trinajstić information content (AvgIpc) is 3.21. The van der Waals surface area contributed by atoms with E-state index in [9.17, 15) is 4.79 Å². The number of rotatable bonds is 11. The van der Waals surface area contributed by atoms with E-state index >= 15 is 0 Å². The van der Waals surface area contributed by atoms with E-state index in [1.807, 2.05) is 55.4 Å². The molecule has 0 unspecified atom stereocenters. The van der Waals surface area contributed by atoms with E-state index in [0.717, 1.165) is 84.2 Å². The van der Waals surface area contributed by atoms with Gasteiger partial charge in [-0.3, -0.25) is 9.78 Å². The fourth-order valence-corrected chi connectivity index (χ4v) is 4.36. The predicted octanol–water partition coefficient (Wildman–Crippen LogP) is 5.41. The van der Waals surface area contributed by atoms with Crippen LogP contribution in [0.4, 0.5) is 11.5 Å². The SMILES string of the molecule is CCCCc1nc2c(N)nc3cccnc3c2n1CCCCCC(=O)c1ccc(N(C)C)cc1. The molecule has 0 aliphatic rings. The van der Waals surface area contributed by atoms with Crippen molar-refractivity contribution in [3.63, 3.8) is 0 Å². The maximum absolute atomic E-state index is 12.6. The molecule has 3 aromatic heterocycles. The van der Waals surface area contributed by atoms with Gasteiger partial charge in [-0.2, -0.15) is 0 Å². The Morgan fingerprint density at radius 3 is 2.53 bits per heavy atom. The number of hydrogen-bond donors (Lipinski definition) is 1. The molecule has 0 aliphatic heterocycles. The van der Waals surface area contributed by atoms with Crippen molar-refractivity contribution in [1.82, 2.24) is 19.5 Å². The molecule has 0 fully saturated rings. The Bertz CT molecular complexity index is 1280. The van der Waals surface area contributed by atoms with Crippen LogP contribution < -0.4 is 10.6 Å². The summed E-state index contributed by atoms with van der Waals surface area (Å²) in [6.07, 6.45) is 8.24. The Kier molecular flexibility index (Phi) is 7.40. The number of pyridine rings is 2. The van der Waals surface area contributed by atoms with Gasteiger partial charge in [0.1, 0.15) is 22.4 Å². The normalized spacial score (nSPS) is 11.4. The number of imidazole rings is 1. The van der Waals surface area contributed by atoms with Gasteiger partial charge in [0.2, 0.25) is 0 Å². The summed E-state index contributed by atoms with van der Waals surface area (Å²) in [5, 5.41) is 0. The molecule has 0 radical (unpaired) electrons. The summed E-state index contributed by atoms with van der Waals surface area (Å²) in [4.78, 5) is 28.6. The monoisotopic (exact) mass is 458 g/mol. The number of fused-ring (bicyclic) bond motifs is 3.